The number of para-hydroxylation sites is 2. The Hall–Kier alpha value is -4.26. The van der Waals surface area contributed by atoms with Crippen LogP contribution in [0.15, 0.2) is 79.0 Å². The fourth-order valence-electron chi connectivity index (χ4n) is 3.24. The summed E-state index contributed by atoms with van der Waals surface area (Å²) in [4.78, 5) is 17.5. The van der Waals surface area contributed by atoms with E-state index >= 15 is 0 Å². The highest BCUT2D eigenvalue weighted by Crippen LogP contribution is 2.27. The minimum atomic E-state index is -0.227. The van der Waals surface area contributed by atoms with E-state index in [9.17, 15) is 4.79 Å². The van der Waals surface area contributed by atoms with Crippen LogP contribution in [-0.2, 0) is 0 Å². The van der Waals surface area contributed by atoms with E-state index < -0.39 is 0 Å². The first-order chi connectivity index (χ1) is 14.3. The molecule has 0 radical (unpaired) electrons. The molecule has 0 saturated heterocycles. The minimum Gasteiger partial charge on any atom is -0.321 e. The van der Waals surface area contributed by atoms with E-state index in [4.69, 9.17) is 0 Å². The van der Waals surface area contributed by atoms with Gasteiger partial charge in [-0.15, -0.1) is 0 Å². The van der Waals surface area contributed by atoms with E-state index in [1.807, 2.05) is 66.7 Å². The number of carbonyl (C=O) groups excluding carboxylic acids is 1. The number of aromatic amines is 2. The summed E-state index contributed by atoms with van der Waals surface area (Å²) in [5.41, 5.74) is 3.55. The highest BCUT2D eigenvalue weighted by atomic mass is 16.1. The van der Waals surface area contributed by atoms with Crippen LogP contribution in [0.2, 0.25) is 0 Å². The van der Waals surface area contributed by atoms with Crippen LogP contribution in [0.5, 0.6) is 0 Å². The second kappa shape index (κ2) is 7.05. The van der Waals surface area contributed by atoms with Gasteiger partial charge in [-0.3, -0.25) is 15.0 Å². The van der Waals surface area contributed by atoms with Gasteiger partial charge in [0.15, 0.2) is 11.6 Å². The van der Waals surface area contributed by atoms with Crippen LogP contribution in [0.4, 0.5) is 5.69 Å². The van der Waals surface area contributed by atoms with Gasteiger partial charge in [0.05, 0.1) is 23.0 Å². The standard InChI is InChI=1S/C22H16N6O/c29-22(17-11-6-9-15-13-23-26-19(15)17)24-18-12-5-4-10-16(18)21-25-20(27-28-21)14-7-2-1-3-8-14/h1-13H,(H,23,26)(H,24,29)(H,25,27,28). The molecule has 2 aromatic heterocycles. The molecule has 5 aromatic rings. The summed E-state index contributed by atoms with van der Waals surface area (Å²) in [6.07, 6.45) is 1.69. The maximum absolute atomic E-state index is 12.9. The molecule has 0 saturated carbocycles. The van der Waals surface area contributed by atoms with Crippen molar-refractivity contribution in [2.24, 2.45) is 0 Å². The Morgan fingerprint density at radius 2 is 1.69 bits per heavy atom. The predicted octanol–water partition coefficient (Wildman–Crippen LogP) is 4.27. The number of hydrogen-bond donors (Lipinski definition) is 3. The first-order valence-electron chi connectivity index (χ1n) is 9.10. The van der Waals surface area contributed by atoms with E-state index in [2.05, 4.69) is 30.7 Å². The van der Waals surface area contributed by atoms with Crippen molar-refractivity contribution in [2.75, 3.05) is 5.32 Å². The lowest BCUT2D eigenvalue weighted by Crippen LogP contribution is -2.13. The molecule has 0 fully saturated rings. The molecule has 0 spiro atoms. The van der Waals surface area contributed by atoms with Crippen molar-refractivity contribution in [1.82, 2.24) is 25.4 Å². The van der Waals surface area contributed by atoms with Crippen LogP contribution >= 0.6 is 0 Å². The SMILES string of the molecule is O=C(Nc1ccccc1-c1nc(-c2ccccc2)n[nH]1)c1cccc2cn[nH]c12. The van der Waals surface area contributed by atoms with Crippen LogP contribution < -0.4 is 5.32 Å². The maximum atomic E-state index is 12.9. The number of nitrogens with one attached hydrogen (secondary N) is 3. The number of fused-ring (bicyclic) bond motifs is 1. The van der Waals surface area contributed by atoms with Gasteiger partial charge in [-0.05, 0) is 18.2 Å². The van der Waals surface area contributed by atoms with Gasteiger partial charge in [-0.2, -0.15) is 10.2 Å². The Morgan fingerprint density at radius 3 is 2.59 bits per heavy atom. The van der Waals surface area contributed by atoms with Gasteiger partial charge in [0, 0.05) is 16.5 Å². The van der Waals surface area contributed by atoms with E-state index in [1.54, 1.807) is 12.3 Å². The molecule has 7 nitrogen and oxygen atoms in total. The lowest BCUT2D eigenvalue weighted by atomic mass is 10.1. The van der Waals surface area contributed by atoms with Gasteiger partial charge < -0.3 is 5.32 Å². The van der Waals surface area contributed by atoms with E-state index in [0.717, 1.165) is 16.5 Å². The normalized spacial score (nSPS) is 10.9. The zero-order chi connectivity index (χ0) is 19.6. The van der Waals surface area contributed by atoms with Crippen molar-refractivity contribution in [3.8, 4) is 22.8 Å². The number of hydrogen-bond acceptors (Lipinski definition) is 4. The summed E-state index contributed by atoms with van der Waals surface area (Å²) in [5, 5.41) is 18.1. The molecule has 5 rings (SSSR count). The lowest BCUT2D eigenvalue weighted by molar-refractivity contribution is 0.102. The number of H-pyrrole nitrogens is 2. The molecule has 0 aliphatic heterocycles. The Labute approximate surface area is 165 Å². The summed E-state index contributed by atoms with van der Waals surface area (Å²) < 4.78 is 0. The van der Waals surface area contributed by atoms with E-state index in [1.165, 1.54) is 0 Å². The van der Waals surface area contributed by atoms with E-state index in [-0.39, 0.29) is 5.91 Å². The third-order valence-corrected chi connectivity index (χ3v) is 4.67. The fourth-order valence-corrected chi connectivity index (χ4v) is 3.24. The highest BCUT2D eigenvalue weighted by molar-refractivity contribution is 6.12. The Morgan fingerprint density at radius 1 is 0.862 bits per heavy atom. The first kappa shape index (κ1) is 16.9. The fraction of sp³-hybridized carbons (Fsp3) is 0. The van der Waals surface area contributed by atoms with E-state index in [0.29, 0.717) is 28.4 Å². The summed E-state index contributed by atoms with van der Waals surface area (Å²) in [6.45, 7) is 0. The second-order valence-electron chi connectivity index (χ2n) is 6.51. The van der Waals surface area contributed by atoms with Crippen molar-refractivity contribution < 1.29 is 4.79 Å². The molecule has 140 valence electrons. The number of amides is 1. The zero-order valence-electron chi connectivity index (χ0n) is 15.3. The van der Waals surface area contributed by atoms with Crippen molar-refractivity contribution in [3.05, 3.63) is 84.6 Å². The summed E-state index contributed by atoms with van der Waals surface area (Å²) >= 11 is 0. The van der Waals surface area contributed by atoms with Gasteiger partial charge in [0.25, 0.3) is 5.91 Å². The number of aromatic nitrogens is 5. The van der Waals surface area contributed by atoms with Crippen LogP contribution in [0, 0.1) is 0 Å². The molecule has 0 aliphatic carbocycles. The zero-order valence-corrected chi connectivity index (χ0v) is 15.3. The average molecular weight is 380 g/mol. The highest BCUT2D eigenvalue weighted by Gasteiger charge is 2.16. The number of anilines is 1. The second-order valence-corrected chi connectivity index (χ2v) is 6.51. The summed E-state index contributed by atoms with van der Waals surface area (Å²) in [7, 11) is 0. The van der Waals surface area contributed by atoms with Gasteiger partial charge in [0.2, 0.25) is 0 Å². The smallest absolute Gasteiger partial charge is 0.257 e. The molecule has 0 unspecified atom stereocenters. The number of carbonyl (C=O) groups is 1. The van der Waals surface area contributed by atoms with Gasteiger partial charge >= 0.3 is 0 Å². The van der Waals surface area contributed by atoms with Crippen molar-refractivity contribution >= 4 is 22.5 Å². The molecule has 29 heavy (non-hydrogen) atoms. The van der Waals surface area contributed by atoms with Gasteiger partial charge in [-0.25, -0.2) is 4.98 Å². The third kappa shape index (κ3) is 3.14. The van der Waals surface area contributed by atoms with Crippen LogP contribution in [0.1, 0.15) is 10.4 Å². The Kier molecular flexibility index (Phi) is 4.10. The molecule has 3 N–H and O–H groups in total. The molecule has 1 amide bonds. The van der Waals surface area contributed by atoms with Gasteiger partial charge in [0.1, 0.15) is 0 Å². The first-order valence-corrected chi connectivity index (χ1v) is 9.10. The minimum absolute atomic E-state index is 0.227. The molecular formula is C22H16N6O. The molecule has 7 heteroatoms. The molecule has 3 aromatic carbocycles. The summed E-state index contributed by atoms with van der Waals surface area (Å²) in [6, 6.07) is 22.7. The number of nitrogens with zero attached hydrogens (tertiary/aromatic N) is 3. The third-order valence-electron chi connectivity index (χ3n) is 4.67. The molecule has 0 aliphatic rings. The number of benzene rings is 3. The molecule has 2 heterocycles. The van der Waals surface area contributed by atoms with Crippen LogP contribution in [-0.4, -0.2) is 31.3 Å². The monoisotopic (exact) mass is 380 g/mol. The Bertz CT molecular complexity index is 1310. The maximum Gasteiger partial charge on any atom is 0.257 e. The number of rotatable bonds is 4. The topological polar surface area (TPSA) is 99.3 Å². The van der Waals surface area contributed by atoms with Gasteiger partial charge in [-0.1, -0.05) is 54.6 Å². The average Bonchev–Trinajstić information content (AvgIpc) is 3.44. The molecule has 0 atom stereocenters. The van der Waals surface area contributed by atoms with Crippen LogP contribution in [0.3, 0.4) is 0 Å². The van der Waals surface area contributed by atoms with Crippen LogP contribution in [0.25, 0.3) is 33.7 Å². The lowest BCUT2D eigenvalue weighted by Gasteiger charge is -2.09. The predicted molar refractivity (Wildman–Crippen MR) is 111 cm³/mol. The Balaban J connectivity index is 1.48. The van der Waals surface area contributed by atoms with Crippen molar-refractivity contribution in [3.63, 3.8) is 0 Å². The van der Waals surface area contributed by atoms with Crippen molar-refractivity contribution in [1.29, 1.82) is 0 Å². The molecular weight excluding hydrogens is 364 g/mol. The largest absolute Gasteiger partial charge is 0.321 e. The van der Waals surface area contributed by atoms with Crippen molar-refractivity contribution in [2.45, 2.75) is 0 Å². The quantitative estimate of drug-likeness (QED) is 0.434. The molecule has 0 bridgehead atoms. The summed E-state index contributed by atoms with van der Waals surface area (Å²) in [5.74, 6) is 0.957.